The van der Waals surface area contributed by atoms with Crippen LogP contribution in [0, 0.1) is 0 Å². The van der Waals surface area contributed by atoms with Gasteiger partial charge in [-0.1, -0.05) is 6.07 Å². The second kappa shape index (κ2) is 4.85. The van der Waals surface area contributed by atoms with Gasteiger partial charge in [-0.2, -0.15) is 0 Å². The minimum atomic E-state index is -2.32. The van der Waals surface area contributed by atoms with E-state index in [0.29, 0.717) is 18.1 Å². The number of nitrogens with two attached hydrogens (primary N) is 1. The molecule has 1 rings (SSSR count). The number of nitrogens with zero attached hydrogens (tertiary/aromatic N) is 2. The molecule has 0 aliphatic heterocycles. The molecular formula is C9H13F2N3. The van der Waals surface area contributed by atoms with E-state index in [1.165, 1.54) is 4.90 Å². The van der Waals surface area contributed by atoms with E-state index in [1.807, 2.05) is 0 Å². The summed E-state index contributed by atoms with van der Waals surface area (Å²) in [5.74, 6) is 0.410. The van der Waals surface area contributed by atoms with Crippen LogP contribution in [0.15, 0.2) is 18.2 Å². The molecule has 1 aromatic rings. The Hall–Kier alpha value is -1.23. The zero-order chi connectivity index (χ0) is 10.6. The highest BCUT2D eigenvalue weighted by molar-refractivity contribution is 5.28. The largest absolute Gasteiger partial charge is 0.384 e. The predicted molar refractivity (Wildman–Crippen MR) is 51.0 cm³/mol. The molecule has 1 aromatic heterocycles. The zero-order valence-corrected chi connectivity index (χ0v) is 7.95. The molecule has 0 saturated heterocycles. The third-order valence-corrected chi connectivity index (χ3v) is 1.71. The highest BCUT2D eigenvalue weighted by Gasteiger charge is 2.08. The van der Waals surface area contributed by atoms with Gasteiger partial charge in [0.15, 0.2) is 0 Å². The van der Waals surface area contributed by atoms with Crippen molar-refractivity contribution < 1.29 is 8.78 Å². The van der Waals surface area contributed by atoms with Crippen LogP contribution in [0.25, 0.3) is 0 Å². The first-order valence-corrected chi connectivity index (χ1v) is 4.26. The minimum absolute atomic E-state index is 0.253. The van der Waals surface area contributed by atoms with Crippen LogP contribution in [-0.2, 0) is 6.54 Å². The molecule has 14 heavy (non-hydrogen) atoms. The van der Waals surface area contributed by atoms with Crippen molar-refractivity contribution in [2.75, 3.05) is 19.3 Å². The van der Waals surface area contributed by atoms with Crippen molar-refractivity contribution >= 4 is 5.82 Å². The maximum Gasteiger partial charge on any atom is 0.251 e. The van der Waals surface area contributed by atoms with Crippen molar-refractivity contribution in [3.8, 4) is 0 Å². The number of aromatic nitrogens is 1. The fourth-order valence-electron chi connectivity index (χ4n) is 1.16. The van der Waals surface area contributed by atoms with Crippen LogP contribution in [-0.4, -0.2) is 29.9 Å². The molecule has 5 heteroatoms. The number of rotatable bonds is 4. The topological polar surface area (TPSA) is 42.1 Å². The summed E-state index contributed by atoms with van der Waals surface area (Å²) in [6.07, 6.45) is -2.32. The summed E-state index contributed by atoms with van der Waals surface area (Å²) in [4.78, 5) is 5.52. The van der Waals surface area contributed by atoms with Crippen molar-refractivity contribution in [2.24, 2.45) is 0 Å². The monoisotopic (exact) mass is 201 g/mol. The van der Waals surface area contributed by atoms with Gasteiger partial charge in [-0.3, -0.25) is 4.90 Å². The van der Waals surface area contributed by atoms with Crippen molar-refractivity contribution in [3.05, 3.63) is 23.9 Å². The summed E-state index contributed by atoms with van der Waals surface area (Å²) in [5.41, 5.74) is 6.16. The molecule has 1 heterocycles. The first-order chi connectivity index (χ1) is 6.58. The lowest BCUT2D eigenvalue weighted by Gasteiger charge is -2.15. The summed E-state index contributed by atoms with van der Waals surface area (Å²) in [7, 11) is 1.62. The molecule has 0 saturated carbocycles. The summed E-state index contributed by atoms with van der Waals surface area (Å²) in [6, 6.07) is 5.18. The number of anilines is 1. The van der Waals surface area contributed by atoms with Crippen LogP contribution in [0.4, 0.5) is 14.6 Å². The van der Waals surface area contributed by atoms with Gasteiger partial charge in [0, 0.05) is 6.54 Å². The molecule has 0 amide bonds. The molecule has 0 spiro atoms. The smallest absolute Gasteiger partial charge is 0.251 e. The number of nitrogen functional groups attached to an aromatic ring is 1. The Morgan fingerprint density at radius 3 is 2.79 bits per heavy atom. The van der Waals surface area contributed by atoms with E-state index >= 15 is 0 Å². The van der Waals surface area contributed by atoms with E-state index < -0.39 is 6.43 Å². The average molecular weight is 201 g/mol. The second-order valence-electron chi connectivity index (χ2n) is 3.14. The van der Waals surface area contributed by atoms with Gasteiger partial charge in [0.1, 0.15) is 5.82 Å². The lowest BCUT2D eigenvalue weighted by molar-refractivity contribution is 0.0971. The molecule has 0 unspecified atom stereocenters. The van der Waals surface area contributed by atoms with Crippen LogP contribution in [0.2, 0.25) is 0 Å². The quantitative estimate of drug-likeness (QED) is 0.799. The first kappa shape index (κ1) is 10.8. The Morgan fingerprint density at radius 2 is 2.21 bits per heavy atom. The van der Waals surface area contributed by atoms with Gasteiger partial charge in [0.2, 0.25) is 0 Å². The van der Waals surface area contributed by atoms with Crippen LogP contribution in [0.1, 0.15) is 5.69 Å². The van der Waals surface area contributed by atoms with Crippen molar-refractivity contribution in [3.63, 3.8) is 0 Å². The van der Waals surface area contributed by atoms with Crippen molar-refractivity contribution in [1.82, 2.24) is 9.88 Å². The van der Waals surface area contributed by atoms with Gasteiger partial charge in [0.05, 0.1) is 12.2 Å². The first-order valence-electron chi connectivity index (χ1n) is 4.26. The Balaban J connectivity index is 2.51. The molecule has 0 radical (unpaired) electrons. The lowest BCUT2D eigenvalue weighted by Crippen LogP contribution is -2.24. The molecule has 0 aliphatic rings. The number of halogens is 2. The number of hydrogen-bond acceptors (Lipinski definition) is 3. The lowest BCUT2D eigenvalue weighted by atomic mass is 10.3. The number of pyridine rings is 1. The minimum Gasteiger partial charge on any atom is -0.384 e. The zero-order valence-electron chi connectivity index (χ0n) is 7.95. The third-order valence-electron chi connectivity index (χ3n) is 1.71. The summed E-state index contributed by atoms with van der Waals surface area (Å²) in [6.45, 7) is 0.131. The van der Waals surface area contributed by atoms with E-state index in [0.717, 1.165) is 0 Å². The average Bonchev–Trinajstić information content (AvgIpc) is 2.01. The van der Waals surface area contributed by atoms with E-state index in [4.69, 9.17) is 5.73 Å². The van der Waals surface area contributed by atoms with Gasteiger partial charge in [-0.15, -0.1) is 0 Å². The molecule has 0 fully saturated rings. The standard InChI is InChI=1S/C9H13F2N3/c1-14(6-8(10)11)5-7-3-2-4-9(12)13-7/h2-4,8H,5-6H2,1H3,(H2,12,13). The molecule has 3 nitrogen and oxygen atoms in total. The highest BCUT2D eigenvalue weighted by atomic mass is 19.3. The molecule has 2 N–H and O–H groups in total. The van der Waals surface area contributed by atoms with E-state index in [1.54, 1.807) is 25.2 Å². The van der Waals surface area contributed by atoms with Crippen LogP contribution in [0.3, 0.4) is 0 Å². The maximum absolute atomic E-state index is 12.0. The molecule has 0 aromatic carbocycles. The van der Waals surface area contributed by atoms with E-state index in [2.05, 4.69) is 4.98 Å². The Labute approximate surface area is 81.5 Å². The second-order valence-corrected chi connectivity index (χ2v) is 3.14. The van der Waals surface area contributed by atoms with Gasteiger partial charge >= 0.3 is 0 Å². The fraction of sp³-hybridized carbons (Fsp3) is 0.444. The van der Waals surface area contributed by atoms with Crippen molar-refractivity contribution in [2.45, 2.75) is 13.0 Å². The van der Waals surface area contributed by atoms with Crippen molar-refractivity contribution in [1.29, 1.82) is 0 Å². The SMILES string of the molecule is CN(Cc1cccc(N)n1)CC(F)F. The van der Waals surface area contributed by atoms with Gasteiger partial charge < -0.3 is 5.73 Å². The van der Waals surface area contributed by atoms with Gasteiger partial charge in [-0.25, -0.2) is 13.8 Å². The van der Waals surface area contributed by atoms with Crippen LogP contribution < -0.4 is 5.73 Å². The number of hydrogen-bond donors (Lipinski definition) is 1. The normalized spacial score (nSPS) is 11.2. The molecule has 0 aliphatic carbocycles. The summed E-state index contributed by atoms with van der Waals surface area (Å²) < 4.78 is 24.0. The maximum atomic E-state index is 12.0. The third kappa shape index (κ3) is 3.66. The van der Waals surface area contributed by atoms with Crippen LogP contribution in [0.5, 0.6) is 0 Å². The Bertz CT molecular complexity index is 291. The molecular weight excluding hydrogens is 188 g/mol. The molecule has 0 atom stereocenters. The van der Waals surface area contributed by atoms with E-state index in [9.17, 15) is 8.78 Å². The van der Waals surface area contributed by atoms with Gasteiger partial charge in [-0.05, 0) is 19.2 Å². The Morgan fingerprint density at radius 1 is 1.50 bits per heavy atom. The summed E-state index contributed by atoms with van der Waals surface area (Å²) >= 11 is 0. The predicted octanol–water partition coefficient (Wildman–Crippen LogP) is 1.36. The number of alkyl halides is 2. The highest BCUT2D eigenvalue weighted by Crippen LogP contribution is 2.04. The summed E-state index contributed by atoms with van der Waals surface area (Å²) in [5, 5.41) is 0. The molecule has 78 valence electrons. The molecule has 0 bridgehead atoms. The van der Waals surface area contributed by atoms with Crippen LogP contribution >= 0.6 is 0 Å². The van der Waals surface area contributed by atoms with Gasteiger partial charge in [0.25, 0.3) is 6.43 Å². The fourth-order valence-corrected chi connectivity index (χ4v) is 1.16. The van der Waals surface area contributed by atoms with E-state index in [-0.39, 0.29) is 6.54 Å². The Kier molecular flexibility index (Phi) is 3.76.